The summed E-state index contributed by atoms with van der Waals surface area (Å²) in [4.78, 5) is 29.3. The lowest BCUT2D eigenvalue weighted by Crippen LogP contribution is -2.40. The van der Waals surface area contributed by atoms with Crippen LogP contribution in [0.25, 0.3) is 0 Å². The van der Waals surface area contributed by atoms with Crippen LogP contribution in [-0.2, 0) is 28.9 Å². The highest BCUT2D eigenvalue weighted by atomic mass is 16.5. The smallest absolute Gasteiger partial charge is 0.339 e. The van der Waals surface area contributed by atoms with Gasteiger partial charge in [0.25, 0.3) is 5.91 Å². The topological polar surface area (TPSA) is 95.3 Å². The molecule has 8 heteroatoms. The molecule has 1 saturated heterocycles. The molecule has 2 aromatic rings. The molecular formula is C23H30N4O4. The summed E-state index contributed by atoms with van der Waals surface area (Å²) in [7, 11) is 0. The molecule has 31 heavy (non-hydrogen) atoms. The van der Waals surface area contributed by atoms with E-state index in [9.17, 15) is 9.59 Å². The number of amides is 1. The van der Waals surface area contributed by atoms with E-state index in [4.69, 9.17) is 14.6 Å². The number of carbonyl (C=O) groups is 2. The third-order valence-electron chi connectivity index (χ3n) is 6.39. The predicted octanol–water partition coefficient (Wildman–Crippen LogP) is 2.48. The van der Waals surface area contributed by atoms with Crippen molar-refractivity contribution in [3.05, 3.63) is 46.5 Å². The standard InChI is InChI=1S/C23H30N4O4/c1-3-18-20-19(14-23(15-25-21(20)28)7-12-30-13-8-23)27(26-18)10-5-11-31-22(29)17-6-4-9-24-16(17)2/h4,6,9H,3,5,7-8,10-15H2,1-2H3,(H,25,28). The quantitative estimate of drug-likeness (QED) is 0.563. The summed E-state index contributed by atoms with van der Waals surface area (Å²) in [5.41, 5.74) is 3.73. The Balaban J connectivity index is 1.46. The zero-order valence-corrected chi connectivity index (χ0v) is 18.3. The van der Waals surface area contributed by atoms with Gasteiger partial charge >= 0.3 is 5.97 Å². The summed E-state index contributed by atoms with van der Waals surface area (Å²) in [5.74, 6) is -0.389. The first-order chi connectivity index (χ1) is 15.0. The van der Waals surface area contributed by atoms with Gasteiger partial charge in [0.05, 0.1) is 34.8 Å². The van der Waals surface area contributed by atoms with Crippen molar-refractivity contribution in [1.29, 1.82) is 0 Å². The molecule has 1 N–H and O–H groups in total. The minimum absolute atomic E-state index is 0.0201. The van der Waals surface area contributed by atoms with Gasteiger partial charge in [0, 0.05) is 38.9 Å². The Hall–Kier alpha value is -2.74. The van der Waals surface area contributed by atoms with E-state index in [-0.39, 0.29) is 23.9 Å². The predicted molar refractivity (Wildman–Crippen MR) is 114 cm³/mol. The Bertz CT molecular complexity index is 962. The average Bonchev–Trinajstić information content (AvgIpc) is 3.06. The van der Waals surface area contributed by atoms with E-state index in [2.05, 4.69) is 10.3 Å². The van der Waals surface area contributed by atoms with Crippen LogP contribution in [0.3, 0.4) is 0 Å². The Labute approximate surface area is 182 Å². The van der Waals surface area contributed by atoms with E-state index >= 15 is 0 Å². The summed E-state index contributed by atoms with van der Waals surface area (Å²) in [5, 5.41) is 7.88. The number of fused-ring (bicyclic) bond motifs is 1. The van der Waals surface area contributed by atoms with Crippen molar-refractivity contribution in [2.24, 2.45) is 5.41 Å². The SMILES string of the molecule is CCc1nn(CCCOC(=O)c2cccnc2C)c2c1C(=O)NCC1(CCOCC1)C2. The molecule has 0 atom stereocenters. The number of hydrogen-bond donors (Lipinski definition) is 1. The van der Waals surface area contributed by atoms with Gasteiger partial charge in [-0.3, -0.25) is 14.5 Å². The van der Waals surface area contributed by atoms with Gasteiger partial charge in [0.15, 0.2) is 0 Å². The minimum atomic E-state index is -0.361. The van der Waals surface area contributed by atoms with E-state index in [0.717, 1.165) is 49.4 Å². The summed E-state index contributed by atoms with van der Waals surface area (Å²) >= 11 is 0. The van der Waals surface area contributed by atoms with Crippen molar-refractivity contribution in [2.75, 3.05) is 26.4 Å². The maximum atomic E-state index is 12.9. The molecule has 4 rings (SSSR count). The second-order valence-electron chi connectivity index (χ2n) is 8.44. The van der Waals surface area contributed by atoms with Crippen LogP contribution in [0, 0.1) is 12.3 Å². The molecule has 1 fully saturated rings. The van der Waals surface area contributed by atoms with Gasteiger partial charge in [-0.1, -0.05) is 6.92 Å². The van der Waals surface area contributed by atoms with Crippen LogP contribution in [0.1, 0.15) is 64.0 Å². The molecule has 0 radical (unpaired) electrons. The lowest BCUT2D eigenvalue weighted by atomic mass is 9.76. The molecule has 2 aliphatic rings. The molecule has 1 amide bonds. The van der Waals surface area contributed by atoms with Crippen LogP contribution < -0.4 is 5.32 Å². The Morgan fingerprint density at radius 1 is 1.35 bits per heavy atom. The van der Waals surface area contributed by atoms with Crippen LogP contribution >= 0.6 is 0 Å². The van der Waals surface area contributed by atoms with E-state index in [1.807, 2.05) is 11.6 Å². The van der Waals surface area contributed by atoms with Crippen LogP contribution in [-0.4, -0.2) is 53.0 Å². The van der Waals surface area contributed by atoms with Crippen LogP contribution in [0.4, 0.5) is 0 Å². The third kappa shape index (κ3) is 4.49. The number of ether oxygens (including phenoxy) is 2. The molecule has 2 aromatic heterocycles. The van der Waals surface area contributed by atoms with E-state index in [1.54, 1.807) is 25.3 Å². The normalized spacial score (nSPS) is 17.7. The third-order valence-corrected chi connectivity index (χ3v) is 6.39. The van der Waals surface area contributed by atoms with E-state index in [1.165, 1.54) is 0 Å². The highest BCUT2D eigenvalue weighted by Gasteiger charge is 2.39. The Morgan fingerprint density at radius 3 is 2.90 bits per heavy atom. The lowest BCUT2D eigenvalue weighted by Gasteiger charge is -2.36. The monoisotopic (exact) mass is 426 g/mol. The van der Waals surface area contributed by atoms with Gasteiger partial charge in [0.1, 0.15) is 0 Å². The van der Waals surface area contributed by atoms with E-state index in [0.29, 0.717) is 37.2 Å². The number of esters is 1. The molecule has 0 saturated carbocycles. The summed E-state index contributed by atoms with van der Waals surface area (Å²) in [6.07, 6.45) is 5.66. The number of hydrogen-bond acceptors (Lipinski definition) is 6. The van der Waals surface area contributed by atoms with Gasteiger partial charge < -0.3 is 14.8 Å². The Kier molecular flexibility index (Phi) is 6.36. The molecule has 4 heterocycles. The fourth-order valence-electron chi connectivity index (χ4n) is 4.51. The van der Waals surface area contributed by atoms with E-state index < -0.39 is 0 Å². The first-order valence-corrected chi connectivity index (χ1v) is 11.1. The first kappa shape index (κ1) is 21.5. The zero-order chi connectivity index (χ0) is 21.8. The fourth-order valence-corrected chi connectivity index (χ4v) is 4.51. The molecular weight excluding hydrogens is 396 g/mol. The van der Waals surface area contributed by atoms with Crippen molar-refractivity contribution < 1.29 is 19.1 Å². The lowest BCUT2D eigenvalue weighted by molar-refractivity contribution is 0.0152. The molecule has 8 nitrogen and oxygen atoms in total. The van der Waals surface area contributed by atoms with Crippen LogP contribution in [0.2, 0.25) is 0 Å². The van der Waals surface area contributed by atoms with Gasteiger partial charge in [-0.15, -0.1) is 0 Å². The van der Waals surface area contributed by atoms with Gasteiger partial charge in [-0.25, -0.2) is 4.79 Å². The van der Waals surface area contributed by atoms with Gasteiger partial charge in [-0.2, -0.15) is 5.10 Å². The molecule has 0 unspecified atom stereocenters. The van der Waals surface area contributed by atoms with Crippen LogP contribution in [0.5, 0.6) is 0 Å². The minimum Gasteiger partial charge on any atom is -0.462 e. The number of rotatable bonds is 6. The number of carbonyl (C=O) groups excluding carboxylic acids is 2. The highest BCUT2D eigenvalue weighted by molar-refractivity contribution is 5.97. The summed E-state index contributed by atoms with van der Waals surface area (Å²) < 4.78 is 13.0. The number of aromatic nitrogens is 3. The summed E-state index contributed by atoms with van der Waals surface area (Å²) in [6, 6.07) is 3.45. The largest absolute Gasteiger partial charge is 0.462 e. The average molecular weight is 427 g/mol. The van der Waals surface area contributed by atoms with Crippen molar-refractivity contribution in [3.63, 3.8) is 0 Å². The maximum absolute atomic E-state index is 12.9. The summed E-state index contributed by atoms with van der Waals surface area (Å²) in [6.45, 7) is 6.82. The molecule has 0 aromatic carbocycles. The number of nitrogens with zero attached hydrogens (tertiary/aromatic N) is 3. The van der Waals surface area contributed by atoms with Crippen LogP contribution in [0.15, 0.2) is 18.3 Å². The molecule has 0 bridgehead atoms. The van der Waals surface area contributed by atoms with Crippen molar-refractivity contribution >= 4 is 11.9 Å². The number of nitrogens with one attached hydrogen (secondary N) is 1. The van der Waals surface area contributed by atoms with Crippen molar-refractivity contribution in [2.45, 2.75) is 52.5 Å². The van der Waals surface area contributed by atoms with Crippen molar-refractivity contribution in [3.8, 4) is 0 Å². The highest BCUT2D eigenvalue weighted by Crippen LogP contribution is 2.37. The molecule has 2 aliphatic heterocycles. The fraction of sp³-hybridized carbons (Fsp3) is 0.565. The van der Waals surface area contributed by atoms with Gasteiger partial charge in [-0.05, 0) is 50.2 Å². The number of aryl methyl sites for hydroxylation is 3. The molecule has 166 valence electrons. The zero-order valence-electron chi connectivity index (χ0n) is 18.3. The second kappa shape index (κ2) is 9.18. The number of pyridine rings is 1. The molecule has 0 aliphatic carbocycles. The maximum Gasteiger partial charge on any atom is 0.339 e. The van der Waals surface area contributed by atoms with Gasteiger partial charge in [0.2, 0.25) is 0 Å². The second-order valence-corrected chi connectivity index (χ2v) is 8.44. The molecule has 1 spiro atoms. The Morgan fingerprint density at radius 2 is 2.16 bits per heavy atom. The first-order valence-electron chi connectivity index (χ1n) is 11.1. The van der Waals surface area contributed by atoms with Crippen molar-refractivity contribution in [1.82, 2.24) is 20.1 Å².